The average molecular weight is 487 g/mol. The molecule has 170 valence electrons. The number of hydrogen-bond donors (Lipinski definition) is 3. The Balaban J connectivity index is 0.00000341. The summed E-state index contributed by atoms with van der Waals surface area (Å²) in [6.07, 6.45) is 1.88. The molecule has 0 amide bonds. The lowest BCUT2D eigenvalue weighted by molar-refractivity contribution is 0.276. The Hall–Kier alpha value is -1.77. The van der Waals surface area contributed by atoms with Gasteiger partial charge in [-0.25, -0.2) is 8.42 Å². The minimum absolute atomic E-state index is 0. The van der Waals surface area contributed by atoms with Gasteiger partial charge in [0.15, 0.2) is 9.84 Å². The molecule has 0 bridgehead atoms. The standard InChI is InChI=1S/C22H27ClN2O4S.ClH/c1-15-20(12-16-3-6-21(23)17(11-16)14-30(2,27)28)19-5-4-18(13-22(19)25-15)29-10-8-24-7-9-26;/h3-6,11,13,24-26H,7-10,12,14H2,1-2H3;1H. The minimum Gasteiger partial charge on any atom is -0.492 e. The van der Waals surface area contributed by atoms with Crippen molar-refractivity contribution in [3.05, 3.63) is 63.8 Å². The summed E-state index contributed by atoms with van der Waals surface area (Å²) >= 11 is 6.20. The second-order valence-electron chi connectivity index (χ2n) is 7.43. The van der Waals surface area contributed by atoms with Crippen molar-refractivity contribution in [3.63, 3.8) is 0 Å². The molecule has 0 aliphatic carbocycles. The second kappa shape index (κ2) is 11.2. The van der Waals surface area contributed by atoms with Gasteiger partial charge in [0.05, 0.1) is 12.4 Å². The molecule has 0 radical (unpaired) electrons. The van der Waals surface area contributed by atoms with E-state index < -0.39 is 9.84 Å². The summed E-state index contributed by atoms with van der Waals surface area (Å²) in [5, 5.41) is 13.4. The number of halogens is 2. The molecule has 0 aliphatic heterocycles. The Kier molecular flexibility index (Phi) is 9.21. The van der Waals surface area contributed by atoms with Gasteiger partial charge < -0.3 is 20.1 Å². The highest BCUT2D eigenvalue weighted by atomic mass is 35.5. The third-order valence-corrected chi connectivity index (χ3v) is 6.04. The molecule has 0 atom stereocenters. The number of nitrogens with one attached hydrogen (secondary N) is 2. The fraction of sp³-hybridized carbons (Fsp3) is 0.364. The molecule has 3 aromatic rings. The van der Waals surface area contributed by atoms with Crippen molar-refractivity contribution in [2.45, 2.75) is 19.1 Å². The molecular weight excluding hydrogens is 459 g/mol. The molecule has 3 rings (SSSR count). The summed E-state index contributed by atoms with van der Waals surface area (Å²) < 4.78 is 29.1. The zero-order chi connectivity index (χ0) is 21.7. The molecule has 0 fully saturated rings. The van der Waals surface area contributed by atoms with E-state index in [2.05, 4.69) is 10.3 Å². The van der Waals surface area contributed by atoms with Gasteiger partial charge in [-0.3, -0.25) is 0 Å². The molecule has 1 aromatic heterocycles. The smallest absolute Gasteiger partial charge is 0.151 e. The van der Waals surface area contributed by atoms with Crippen LogP contribution in [0.4, 0.5) is 0 Å². The van der Waals surface area contributed by atoms with Gasteiger partial charge in [0, 0.05) is 47.0 Å². The highest BCUT2D eigenvalue weighted by molar-refractivity contribution is 7.89. The minimum atomic E-state index is -3.16. The van der Waals surface area contributed by atoms with Crippen molar-refractivity contribution in [1.29, 1.82) is 0 Å². The predicted molar refractivity (Wildman–Crippen MR) is 129 cm³/mol. The first-order valence-electron chi connectivity index (χ1n) is 9.77. The van der Waals surface area contributed by atoms with E-state index in [1.807, 2.05) is 37.3 Å². The van der Waals surface area contributed by atoms with E-state index in [4.69, 9.17) is 21.4 Å². The predicted octanol–water partition coefficient (Wildman–Crippen LogP) is 3.65. The fourth-order valence-corrected chi connectivity index (χ4v) is 4.53. The molecule has 9 heteroatoms. The van der Waals surface area contributed by atoms with Gasteiger partial charge in [0.1, 0.15) is 12.4 Å². The van der Waals surface area contributed by atoms with E-state index in [1.54, 1.807) is 6.07 Å². The molecular formula is C22H28Cl2N2O4S. The molecule has 6 nitrogen and oxygen atoms in total. The Morgan fingerprint density at radius 2 is 1.94 bits per heavy atom. The van der Waals surface area contributed by atoms with E-state index in [1.165, 1.54) is 6.26 Å². The van der Waals surface area contributed by atoms with Gasteiger partial charge in [-0.15, -0.1) is 12.4 Å². The van der Waals surface area contributed by atoms with Crippen LogP contribution >= 0.6 is 24.0 Å². The maximum Gasteiger partial charge on any atom is 0.151 e. The fourth-order valence-electron chi connectivity index (χ4n) is 3.47. The Bertz CT molecular complexity index is 1130. The highest BCUT2D eigenvalue weighted by Gasteiger charge is 2.13. The summed E-state index contributed by atoms with van der Waals surface area (Å²) in [5.74, 6) is 0.712. The monoisotopic (exact) mass is 486 g/mol. The molecule has 2 aromatic carbocycles. The van der Waals surface area contributed by atoms with Crippen molar-refractivity contribution in [2.75, 3.05) is 32.6 Å². The lowest BCUT2D eigenvalue weighted by atomic mass is 10.0. The number of rotatable bonds is 10. The molecule has 0 spiro atoms. The SMILES string of the molecule is Cc1[nH]c2cc(OCCNCCO)ccc2c1Cc1ccc(Cl)c(CS(C)(=O)=O)c1.Cl. The topological polar surface area (TPSA) is 91.4 Å². The zero-order valence-electron chi connectivity index (χ0n) is 17.6. The number of fused-ring (bicyclic) bond motifs is 1. The Labute approximate surface area is 194 Å². The lowest BCUT2D eigenvalue weighted by Crippen LogP contribution is -2.23. The number of aromatic nitrogens is 1. The molecule has 0 saturated heterocycles. The van der Waals surface area contributed by atoms with E-state index >= 15 is 0 Å². The average Bonchev–Trinajstić information content (AvgIpc) is 2.98. The Morgan fingerprint density at radius 3 is 2.65 bits per heavy atom. The number of aliphatic hydroxyl groups is 1. The van der Waals surface area contributed by atoms with Crippen LogP contribution in [0.3, 0.4) is 0 Å². The van der Waals surface area contributed by atoms with Crippen molar-refractivity contribution in [2.24, 2.45) is 0 Å². The largest absolute Gasteiger partial charge is 0.492 e. The van der Waals surface area contributed by atoms with Gasteiger partial charge >= 0.3 is 0 Å². The zero-order valence-corrected chi connectivity index (χ0v) is 20.0. The number of aryl methyl sites for hydroxylation is 1. The van der Waals surface area contributed by atoms with E-state index in [0.717, 1.165) is 33.5 Å². The quantitative estimate of drug-likeness (QED) is 0.380. The number of sulfone groups is 1. The summed E-state index contributed by atoms with van der Waals surface area (Å²) in [6.45, 7) is 3.88. The Morgan fingerprint density at radius 1 is 1.16 bits per heavy atom. The maximum atomic E-state index is 11.7. The third kappa shape index (κ3) is 7.12. The van der Waals surface area contributed by atoms with E-state index in [-0.39, 0.29) is 24.8 Å². The number of hydrogen-bond acceptors (Lipinski definition) is 5. The van der Waals surface area contributed by atoms with Crippen LogP contribution in [0.2, 0.25) is 5.02 Å². The first-order chi connectivity index (χ1) is 14.3. The number of H-pyrrole nitrogens is 1. The normalized spacial score (nSPS) is 11.5. The van der Waals surface area contributed by atoms with Crippen LogP contribution < -0.4 is 10.1 Å². The third-order valence-electron chi connectivity index (χ3n) is 4.84. The number of ether oxygens (including phenoxy) is 1. The summed E-state index contributed by atoms with van der Waals surface area (Å²) in [5.41, 5.74) is 4.85. The van der Waals surface area contributed by atoms with Gasteiger partial charge in [-0.1, -0.05) is 23.7 Å². The molecule has 1 heterocycles. The van der Waals surface area contributed by atoms with Crippen molar-refractivity contribution in [1.82, 2.24) is 10.3 Å². The number of aliphatic hydroxyl groups excluding tert-OH is 1. The molecule has 3 N–H and O–H groups in total. The van der Waals surface area contributed by atoms with Crippen LogP contribution in [0.1, 0.15) is 22.4 Å². The van der Waals surface area contributed by atoms with Gasteiger partial charge in [-0.2, -0.15) is 0 Å². The van der Waals surface area contributed by atoms with Crippen LogP contribution in [0.15, 0.2) is 36.4 Å². The van der Waals surface area contributed by atoms with Crippen LogP contribution in [0.5, 0.6) is 5.75 Å². The first-order valence-corrected chi connectivity index (χ1v) is 12.2. The van der Waals surface area contributed by atoms with Crippen LogP contribution in [0.25, 0.3) is 10.9 Å². The molecule has 0 aliphatic rings. The molecule has 0 unspecified atom stereocenters. The summed E-state index contributed by atoms with van der Waals surface area (Å²) in [6, 6.07) is 11.5. The van der Waals surface area contributed by atoms with Crippen molar-refractivity contribution < 1.29 is 18.3 Å². The van der Waals surface area contributed by atoms with Crippen molar-refractivity contribution in [3.8, 4) is 5.75 Å². The number of aromatic amines is 1. The van der Waals surface area contributed by atoms with Crippen LogP contribution in [-0.2, 0) is 22.0 Å². The molecule has 31 heavy (non-hydrogen) atoms. The molecule has 0 saturated carbocycles. The van der Waals surface area contributed by atoms with E-state index in [9.17, 15) is 8.42 Å². The van der Waals surface area contributed by atoms with Crippen LogP contribution in [0, 0.1) is 6.92 Å². The summed E-state index contributed by atoms with van der Waals surface area (Å²) in [7, 11) is -3.16. The van der Waals surface area contributed by atoms with Crippen LogP contribution in [-0.4, -0.2) is 51.1 Å². The van der Waals surface area contributed by atoms with Gasteiger partial charge in [-0.05, 0) is 48.2 Å². The maximum absolute atomic E-state index is 11.7. The highest BCUT2D eigenvalue weighted by Crippen LogP contribution is 2.29. The lowest BCUT2D eigenvalue weighted by Gasteiger charge is -2.09. The number of benzene rings is 2. The van der Waals surface area contributed by atoms with E-state index in [0.29, 0.717) is 36.7 Å². The summed E-state index contributed by atoms with van der Waals surface area (Å²) in [4.78, 5) is 3.41. The van der Waals surface area contributed by atoms with Gasteiger partial charge in [0.2, 0.25) is 0 Å². The second-order valence-corrected chi connectivity index (χ2v) is 9.98. The first kappa shape index (κ1) is 25.5. The van der Waals surface area contributed by atoms with Gasteiger partial charge in [0.25, 0.3) is 0 Å². The van der Waals surface area contributed by atoms with Crippen molar-refractivity contribution >= 4 is 44.7 Å².